The summed E-state index contributed by atoms with van der Waals surface area (Å²) < 4.78 is 18.6. The molecule has 10 heteroatoms. The third kappa shape index (κ3) is 4.79. The molecular formula is C23H20FN5O4. The maximum Gasteiger partial charge on any atom is 0.321 e. The van der Waals surface area contributed by atoms with Gasteiger partial charge in [0.1, 0.15) is 5.82 Å². The average molecular weight is 449 g/mol. The molecule has 3 aromatic rings. The number of urea groups is 1. The number of ether oxygens (including phenoxy) is 1. The summed E-state index contributed by atoms with van der Waals surface area (Å²) in [6.07, 6.45) is 3.54. The molecule has 0 unspecified atom stereocenters. The second kappa shape index (κ2) is 9.43. The lowest BCUT2D eigenvalue weighted by atomic mass is 10.0. The van der Waals surface area contributed by atoms with E-state index in [-0.39, 0.29) is 24.9 Å². The first-order valence-electron chi connectivity index (χ1n) is 10.0. The van der Waals surface area contributed by atoms with Gasteiger partial charge < -0.3 is 15.0 Å². The van der Waals surface area contributed by atoms with Crippen LogP contribution < -0.4 is 15.4 Å². The largest absolute Gasteiger partial charge is 0.467 e. The molecule has 33 heavy (non-hydrogen) atoms. The van der Waals surface area contributed by atoms with Crippen molar-refractivity contribution in [3.8, 4) is 17.1 Å². The zero-order chi connectivity index (χ0) is 23.4. The zero-order valence-corrected chi connectivity index (χ0v) is 17.6. The summed E-state index contributed by atoms with van der Waals surface area (Å²) in [4.78, 5) is 45.2. The van der Waals surface area contributed by atoms with E-state index >= 15 is 0 Å². The molecule has 2 N–H and O–H groups in total. The number of carbonyl (C=O) groups is 3. The van der Waals surface area contributed by atoms with E-state index < -0.39 is 17.9 Å². The van der Waals surface area contributed by atoms with E-state index in [1.54, 1.807) is 30.6 Å². The van der Waals surface area contributed by atoms with Gasteiger partial charge in [-0.15, -0.1) is 0 Å². The molecule has 4 amide bonds. The number of amides is 4. The van der Waals surface area contributed by atoms with Crippen molar-refractivity contribution in [1.29, 1.82) is 0 Å². The molecule has 2 aromatic carbocycles. The Balaban J connectivity index is 1.56. The maximum absolute atomic E-state index is 13.6. The molecule has 0 saturated carbocycles. The van der Waals surface area contributed by atoms with Crippen LogP contribution in [0.25, 0.3) is 11.1 Å². The van der Waals surface area contributed by atoms with Crippen molar-refractivity contribution in [3.05, 3.63) is 77.4 Å². The van der Waals surface area contributed by atoms with Gasteiger partial charge in [-0.1, -0.05) is 30.3 Å². The summed E-state index contributed by atoms with van der Waals surface area (Å²) >= 11 is 0. The molecule has 0 saturated heterocycles. The van der Waals surface area contributed by atoms with Gasteiger partial charge in [0.05, 0.1) is 13.2 Å². The van der Waals surface area contributed by atoms with Crippen molar-refractivity contribution in [2.75, 3.05) is 13.7 Å². The summed E-state index contributed by atoms with van der Waals surface area (Å²) in [7, 11) is 1.48. The smallest absolute Gasteiger partial charge is 0.321 e. The van der Waals surface area contributed by atoms with Gasteiger partial charge in [0.2, 0.25) is 6.41 Å². The average Bonchev–Trinajstić information content (AvgIpc) is 3.13. The van der Waals surface area contributed by atoms with Crippen LogP contribution in [0.15, 0.2) is 54.9 Å². The van der Waals surface area contributed by atoms with Crippen LogP contribution in [0.4, 0.5) is 9.18 Å². The molecule has 2 heterocycles. The number of methoxy groups -OCH3 is 1. The van der Waals surface area contributed by atoms with Gasteiger partial charge in [0.25, 0.3) is 5.91 Å². The highest BCUT2D eigenvalue weighted by Gasteiger charge is 2.30. The van der Waals surface area contributed by atoms with Crippen LogP contribution >= 0.6 is 0 Å². The van der Waals surface area contributed by atoms with Gasteiger partial charge in [-0.3, -0.25) is 14.9 Å². The number of aromatic nitrogens is 2. The number of benzene rings is 2. The van der Waals surface area contributed by atoms with Gasteiger partial charge in [-0.05, 0) is 28.8 Å². The minimum Gasteiger partial charge on any atom is -0.467 e. The lowest BCUT2D eigenvalue weighted by Gasteiger charge is -2.25. The number of nitrogens with zero attached hydrogens (tertiary/aromatic N) is 3. The van der Waals surface area contributed by atoms with Crippen molar-refractivity contribution in [3.63, 3.8) is 0 Å². The Bertz CT molecular complexity index is 1180. The molecule has 1 aromatic heterocycles. The first-order chi connectivity index (χ1) is 16.0. The van der Waals surface area contributed by atoms with Gasteiger partial charge in [-0.25, -0.2) is 19.2 Å². The Morgan fingerprint density at radius 3 is 2.58 bits per heavy atom. The molecular weight excluding hydrogens is 429 g/mol. The number of rotatable bonds is 7. The van der Waals surface area contributed by atoms with Gasteiger partial charge in [-0.2, -0.15) is 0 Å². The van der Waals surface area contributed by atoms with Crippen LogP contribution in [0.5, 0.6) is 6.01 Å². The maximum atomic E-state index is 13.6. The van der Waals surface area contributed by atoms with Crippen LogP contribution in [0.1, 0.15) is 27.5 Å². The molecule has 1 aliphatic heterocycles. The second-order valence-corrected chi connectivity index (χ2v) is 7.36. The fourth-order valence-electron chi connectivity index (χ4n) is 3.67. The Kier molecular flexibility index (Phi) is 6.25. The second-order valence-electron chi connectivity index (χ2n) is 7.36. The van der Waals surface area contributed by atoms with Gasteiger partial charge in [0.15, 0.2) is 0 Å². The number of nitrogens with one attached hydrogen (secondary N) is 2. The van der Waals surface area contributed by atoms with Crippen LogP contribution in [-0.2, 0) is 11.3 Å². The molecule has 0 spiro atoms. The lowest BCUT2D eigenvalue weighted by molar-refractivity contribution is -0.108. The summed E-state index contributed by atoms with van der Waals surface area (Å²) in [6, 6.07) is 10.3. The summed E-state index contributed by atoms with van der Waals surface area (Å²) in [5, 5.41) is 4.75. The fraction of sp³-hybridized carbons (Fsp3) is 0.174. The van der Waals surface area contributed by atoms with Crippen molar-refractivity contribution < 1.29 is 23.5 Å². The van der Waals surface area contributed by atoms with E-state index in [0.717, 1.165) is 11.1 Å². The summed E-state index contributed by atoms with van der Waals surface area (Å²) in [5.41, 5.74) is 3.35. The number of hydrogen-bond acceptors (Lipinski definition) is 6. The van der Waals surface area contributed by atoms with E-state index in [1.165, 1.54) is 24.1 Å². The molecule has 1 aliphatic rings. The number of carbonyl (C=O) groups excluding carboxylic acids is 3. The third-order valence-electron chi connectivity index (χ3n) is 5.31. The first-order valence-corrected chi connectivity index (χ1v) is 10.0. The van der Waals surface area contributed by atoms with E-state index in [1.807, 2.05) is 17.4 Å². The predicted molar refractivity (Wildman–Crippen MR) is 116 cm³/mol. The van der Waals surface area contributed by atoms with Crippen molar-refractivity contribution >= 4 is 18.3 Å². The standard InChI is InChI=1S/C23H20FN5O4/c1-33-23-25-9-17(10-26-23)14-2-4-15(5-3-14)20(28-22(32)27-13-30)12-29-11-16-6-7-18(24)8-19(16)21(29)31/h2-10,13,20H,11-12H2,1H3,(H2,27,28,30,32)/t20-/m0/s1. The molecule has 0 bridgehead atoms. The quantitative estimate of drug-likeness (QED) is 0.536. The molecule has 0 fully saturated rings. The predicted octanol–water partition coefficient (Wildman–Crippen LogP) is 2.44. The highest BCUT2D eigenvalue weighted by molar-refractivity contribution is 5.98. The van der Waals surface area contributed by atoms with Crippen LogP contribution in [0.2, 0.25) is 0 Å². The Labute approximate surface area is 188 Å². The minimum atomic E-state index is -0.696. The number of fused-ring (bicyclic) bond motifs is 1. The van der Waals surface area contributed by atoms with Crippen LogP contribution in [0, 0.1) is 5.82 Å². The zero-order valence-electron chi connectivity index (χ0n) is 17.6. The Morgan fingerprint density at radius 1 is 1.18 bits per heavy atom. The normalized spacial score (nSPS) is 13.3. The highest BCUT2D eigenvalue weighted by atomic mass is 19.1. The topological polar surface area (TPSA) is 114 Å². The van der Waals surface area contributed by atoms with E-state index in [9.17, 15) is 18.8 Å². The third-order valence-corrected chi connectivity index (χ3v) is 5.31. The molecule has 168 valence electrons. The van der Waals surface area contributed by atoms with Crippen LogP contribution in [-0.4, -0.2) is 46.9 Å². The molecule has 0 radical (unpaired) electrons. The monoisotopic (exact) mass is 449 g/mol. The van der Waals surface area contributed by atoms with E-state index in [2.05, 4.69) is 15.3 Å². The van der Waals surface area contributed by atoms with Gasteiger partial charge in [0, 0.05) is 36.6 Å². The molecule has 9 nitrogen and oxygen atoms in total. The van der Waals surface area contributed by atoms with Gasteiger partial charge >= 0.3 is 12.0 Å². The first kappa shape index (κ1) is 21.9. The van der Waals surface area contributed by atoms with E-state index in [0.29, 0.717) is 23.2 Å². The minimum absolute atomic E-state index is 0.131. The van der Waals surface area contributed by atoms with Crippen molar-refractivity contribution in [2.45, 2.75) is 12.6 Å². The van der Waals surface area contributed by atoms with Crippen molar-refractivity contribution in [1.82, 2.24) is 25.5 Å². The van der Waals surface area contributed by atoms with Crippen LogP contribution in [0.3, 0.4) is 0 Å². The summed E-state index contributed by atoms with van der Waals surface area (Å²) in [6.45, 7) is 0.426. The van der Waals surface area contributed by atoms with Crippen molar-refractivity contribution in [2.24, 2.45) is 0 Å². The Morgan fingerprint density at radius 2 is 1.91 bits per heavy atom. The Hall–Kier alpha value is -4.34. The number of hydrogen-bond donors (Lipinski definition) is 2. The fourth-order valence-corrected chi connectivity index (χ4v) is 3.67. The summed E-state index contributed by atoms with van der Waals surface area (Å²) in [5.74, 6) is -0.804. The van der Waals surface area contributed by atoms with E-state index in [4.69, 9.17) is 4.74 Å². The SMILES string of the molecule is COc1ncc(-c2ccc([C@H](CN3Cc4ccc(F)cc4C3=O)NC(=O)NC=O)cc2)cn1. The number of halogens is 1. The highest BCUT2D eigenvalue weighted by Crippen LogP contribution is 2.27. The number of imide groups is 1. The molecule has 1 atom stereocenters. The lowest BCUT2D eigenvalue weighted by Crippen LogP contribution is -2.42. The molecule has 0 aliphatic carbocycles. The molecule has 4 rings (SSSR count).